The van der Waals surface area contributed by atoms with Gasteiger partial charge in [0.15, 0.2) is 0 Å². The van der Waals surface area contributed by atoms with Crippen LogP contribution in [0.2, 0.25) is 0 Å². The maximum absolute atomic E-state index is 12.0. The summed E-state index contributed by atoms with van der Waals surface area (Å²) in [4.78, 5) is 34.7. The molecule has 1 saturated carbocycles. The number of methoxy groups -OCH3 is 2. The molecule has 0 radical (unpaired) electrons. The van der Waals surface area contributed by atoms with Crippen LogP contribution in [0.25, 0.3) is 0 Å². The highest BCUT2D eigenvalue weighted by molar-refractivity contribution is 9.10. The number of nitrogens with zero attached hydrogens (tertiary/aromatic N) is 1. The summed E-state index contributed by atoms with van der Waals surface area (Å²) in [5.41, 5.74) is -1.41. The summed E-state index contributed by atoms with van der Waals surface area (Å²) in [5, 5.41) is 11.2. The lowest BCUT2D eigenvalue weighted by Crippen LogP contribution is -2.34. The van der Waals surface area contributed by atoms with Gasteiger partial charge in [-0.25, -0.2) is 0 Å². The lowest BCUT2D eigenvalue weighted by Gasteiger charge is -2.10. The van der Waals surface area contributed by atoms with Crippen molar-refractivity contribution in [1.82, 2.24) is 0 Å². The monoisotopic (exact) mass is 357 g/mol. The van der Waals surface area contributed by atoms with E-state index >= 15 is 0 Å². The Bertz CT molecular complexity index is 583. The van der Waals surface area contributed by atoms with Gasteiger partial charge in [0.05, 0.1) is 20.1 Å². The maximum atomic E-state index is 12.0. The normalized spacial score (nSPS) is 22.2. The average molecular weight is 358 g/mol. The van der Waals surface area contributed by atoms with Crippen molar-refractivity contribution in [1.29, 1.82) is 0 Å². The van der Waals surface area contributed by atoms with Gasteiger partial charge in [-0.3, -0.25) is 19.7 Å². The molecule has 7 nitrogen and oxygen atoms in total. The Morgan fingerprint density at radius 1 is 1.19 bits per heavy atom. The smallest absolute Gasteiger partial charge is 0.331 e. The second-order valence-corrected chi connectivity index (χ2v) is 5.53. The van der Waals surface area contributed by atoms with Gasteiger partial charge in [-0.1, -0.05) is 28.1 Å². The largest absolute Gasteiger partial charge is 0.468 e. The number of esters is 2. The SMILES string of the molecule is COC(=O)C1(C(=O)OC)[C@@H]([N+](=O)[O-])[C@@H]1c1ccc(Br)cc1. The number of nitro groups is 1. The Balaban J connectivity index is 2.52. The molecule has 2 atom stereocenters. The second-order valence-electron chi connectivity index (χ2n) is 4.61. The highest BCUT2D eigenvalue weighted by Crippen LogP contribution is 2.62. The maximum Gasteiger partial charge on any atom is 0.331 e. The zero-order valence-corrected chi connectivity index (χ0v) is 12.8. The van der Waals surface area contributed by atoms with E-state index in [-0.39, 0.29) is 0 Å². The summed E-state index contributed by atoms with van der Waals surface area (Å²) in [6, 6.07) is 5.23. The molecule has 0 aromatic heterocycles. The summed E-state index contributed by atoms with van der Waals surface area (Å²) >= 11 is 3.26. The number of hydrogen-bond donors (Lipinski definition) is 0. The quantitative estimate of drug-likeness (QED) is 0.351. The number of benzene rings is 1. The van der Waals surface area contributed by atoms with Gasteiger partial charge in [0.25, 0.3) is 0 Å². The van der Waals surface area contributed by atoms with Gasteiger partial charge in [-0.05, 0) is 17.7 Å². The van der Waals surface area contributed by atoms with Crippen molar-refractivity contribution in [3.05, 3.63) is 44.4 Å². The van der Waals surface area contributed by atoms with Gasteiger partial charge in [0, 0.05) is 9.40 Å². The first-order valence-corrected chi connectivity index (χ1v) is 6.76. The van der Waals surface area contributed by atoms with Crippen molar-refractivity contribution in [3.63, 3.8) is 0 Å². The minimum atomic E-state index is -1.92. The molecule has 0 heterocycles. The van der Waals surface area contributed by atoms with E-state index < -0.39 is 34.2 Å². The van der Waals surface area contributed by atoms with Crippen molar-refractivity contribution in [2.24, 2.45) is 5.41 Å². The Kier molecular flexibility index (Phi) is 3.99. The third-order valence-corrected chi connectivity index (χ3v) is 4.19. The second kappa shape index (κ2) is 5.44. The van der Waals surface area contributed by atoms with Crippen LogP contribution in [0.3, 0.4) is 0 Å². The van der Waals surface area contributed by atoms with Gasteiger partial charge in [0.2, 0.25) is 11.5 Å². The molecule has 0 saturated heterocycles. The van der Waals surface area contributed by atoms with Crippen LogP contribution in [0.15, 0.2) is 28.7 Å². The molecule has 2 rings (SSSR count). The molecule has 0 amide bonds. The number of carbonyl (C=O) groups is 2. The van der Waals surface area contributed by atoms with E-state index in [4.69, 9.17) is 0 Å². The van der Waals surface area contributed by atoms with Crippen molar-refractivity contribution in [2.75, 3.05) is 14.2 Å². The molecule has 1 aromatic carbocycles. The molecule has 112 valence electrons. The van der Waals surface area contributed by atoms with E-state index in [0.717, 1.165) is 18.7 Å². The molecule has 0 aliphatic heterocycles. The summed E-state index contributed by atoms with van der Waals surface area (Å²) in [5.74, 6) is -2.81. The Hall–Kier alpha value is -1.96. The van der Waals surface area contributed by atoms with Crippen molar-refractivity contribution < 1.29 is 24.0 Å². The highest BCUT2D eigenvalue weighted by Gasteiger charge is 2.85. The van der Waals surface area contributed by atoms with Crippen molar-refractivity contribution in [3.8, 4) is 0 Å². The molecule has 8 heteroatoms. The van der Waals surface area contributed by atoms with Crippen LogP contribution in [-0.4, -0.2) is 37.1 Å². The van der Waals surface area contributed by atoms with Gasteiger partial charge < -0.3 is 9.47 Å². The molecular formula is C13H12BrNO6. The fourth-order valence-corrected chi connectivity index (χ4v) is 2.95. The van der Waals surface area contributed by atoms with Gasteiger partial charge in [-0.15, -0.1) is 0 Å². The average Bonchev–Trinajstić information content (AvgIpc) is 3.17. The summed E-state index contributed by atoms with van der Waals surface area (Å²) < 4.78 is 9.99. The Morgan fingerprint density at radius 3 is 2.05 bits per heavy atom. The van der Waals surface area contributed by atoms with Gasteiger partial charge in [-0.2, -0.15) is 0 Å². The molecule has 1 fully saturated rings. The number of hydrogen-bond acceptors (Lipinski definition) is 6. The summed E-state index contributed by atoms with van der Waals surface area (Å²) in [6.45, 7) is 0. The summed E-state index contributed by atoms with van der Waals surface area (Å²) in [7, 11) is 2.17. The van der Waals surface area contributed by atoms with Crippen LogP contribution in [0.4, 0.5) is 0 Å². The molecule has 1 aliphatic rings. The highest BCUT2D eigenvalue weighted by atomic mass is 79.9. The fraction of sp³-hybridized carbons (Fsp3) is 0.385. The van der Waals surface area contributed by atoms with E-state index in [9.17, 15) is 19.7 Å². The molecule has 0 unspecified atom stereocenters. The third-order valence-electron chi connectivity index (χ3n) is 3.67. The first-order chi connectivity index (χ1) is 9.91. The van der Waals surface area contributed by atoms with Crippen LogP contribution in [0.1, 0.15) is 11.5 Å². The predicted molar refractivity (Wildman–Crippen MR) is 74.1 cm³/mol. The lowest BCUT2D eigenvalue weighted by molar-refractivity contribution is -0.501. The lowest BCUT2D eigenvalue weighted by atomic mass is 9.99. The number of halogens is 1. The van der Waals surface area contributed by atoms with Crippen LogP contribution >= 0.6 is 15.9 Å². The van der Waals surface area contributed by atoms with Crippen LogP contribution in [0, 0.1) is 15.5 Å². The zero-order chi connectivity index (χ0) is 15.8. The predicted octanol–water partition coefficient (Wildman–Crippen LogP) is 1.52. The van der Waals surface area contributed by atoms with E-state index in [2.05, 4.69) is 25.4 Å². The molecule has 0 N–H and O–H groups in total. The number of ether oxygens (including phenoxy) is 2. The standard InChI is InChI=1S/C13H12BrNO6/c1-20-11(16)13(12(17)21-2)9(10(13)15(18)19)7-3-5-8(14)6-4-7/h3-6,9-10H,1-2H3/t9-,10-/m0/s1. The van der Waals surface area contributed by atoms with E-state index in [1.165, 1.54) is 0 Å². The number of rotatable bonds is 4. The van der Waals surface area contributed by atoms with Gasteiger partial charge in [0.1, 0.15) is 0 Å². The van der Waals surface area contributed by atoms with E-state index in [0.29, 0.717) is 5.56 Å². The van der Waals surface area contributed by atoms with Gasteiger partial charge >= 0.3 is 11.9 Å². The number of carbonyl (C=O) groups excluding carboxylic acids is 2. The van der Waals surface area contributed by atoms with Crippen LogP contribution in [0.5, 0.6) is 0 Å². The Morgan fingerprint density at radius 2 is 1.67 bits per heavy atom. The summed E-state index contributed by atoms with van der Waals surface area (Å²) in [6.07, 6.45) is 0. The van der Waals surface area contributed by atoms with Crippen molar-refractivity contribution in [2.45, 2.75) is 12.0 Å². The van der Waals surface area contributed by atoms with E-state index in [1.54, 1.807) is 24.3 Å². The molecule has 1 aliphatic carbocycles. The fourth-order valence-electron chi connectivity index (χ4n) is 2.69. The molecule has 1 aromatic rings. The van der Waals surface area contributed by atoms with Crippen LogP contribution in [-0.2, 0) is 19.1 Å². The van der Waals surface area contributed by atoms with E-state index in [1.807, 2.05) is 0 Å². The first kappa shape index (κ1) is 15.4. The zero-order valence-electron chi connectivity index (χ0n) is 11.2. The Labute approximate surface area is 128 Å². The van der Waals surface area contributed by atoms with Crippen LogP contribution < -0.4 is 0 Å². The minimum Gasteiger partial charge on any atom is -0.468 e. The molecule has 21 heavy (non-hydrogen) atoms. The molecular weight excluding hydrogens is 346 g/mol. The topological polar surface area (TPSA) is 95.7 Å². The first-order valence-electron chi connectivity index (χ1n) is 5.97. The minimum absolute atomic E-state index is 0.510. The molecule has 0 bridgehead atoms. The van der Waals surface area contributed by atoms with Crippen molar-refractivity contribution >= 4 is 27.9 Å². The molecule has 0 spiro atoms. The third kappa shape index (κ3) is 2.19.